The molecule has 1 amide bonds. The van der Waals surface area contributed by atoms with Crippen molar-refractivity contribution in [1.29, 1.82) is 0 Å². The molecule has 2 aromatic heterocycles. The standard InChI is InChI=1S/C22H24N2O4S/c1-5-6-15-7-9-16(10-8-15)17-12-29-21(19(17)22(26)27-13(2)3)23-20(25)18-11-14(4)28-24-18/h7-13H,5-6H2,1-4H3,(H,23,25). The summed E-state index contributed by atoms with van der Waals surface area (Å²) < 4.78 is 10.4. The molecule has 0 saturated carbocycles. The van der Waals surface area contributed by atoms with E-state index < -0.39 is 11.9 Å². The van der Waals surface area contributed by atoms with E-state index in [1.165, 1.54) is 16.9 Å². The van der Waals surface area contributed by atoms with Gasteiger partial charge in [0.2, 0.25) is 0 Å². The van der Waals surface area contributed by atoms with Gasteiger partial charge >= 0.3 is 5.97 Å². The lowest BCUT2D eigenvalue weighted by atomic mass is 10.0. The lowest BCUT2D eigenvalue weighted by Crippen LogP contribution is -2.17. The van der Waals surface area contributed by atoms with Gasteiger partial charge in [-0.15, -0.1) is 11.3 Å². The maximum atomic E-state index is 12.8. The van der Waals surface area contributed by atoms with Gasteiger partial charge in [0, 0.05) is 17.0 Å². The summed E-state index contributed by atoms with van der Waals surface area (Å²) in [5, 5.41) is 8.78. The Labute approximate surface area is 173 Å². The van der Waals surface area contributed by atoms with E-state index >= 15 is 0 Å². The second-order valence-corrected chi connectivity index (χ2v) is 7.91. The van der Waals surface area contributed by atoms with E-state index in [0.29, 0.717) is 16.3 Å². The van der Waals surface area contributed by atoms with Gasteiger partial charge in [0.05, 0.1) is 6.10 Å². The Morgan fingerprint density at radius 1 is 1.24 bits per heavy atom. The maximum Gasteiger partial charge on any atom is 0.342 e. The number of rotatable bonds is 7. The van der Waals surface area contributed by atoms with Gasteiger partial charge in [-0.3, -0.25) is 4.79 Å². The number of benzene rings is 1. The predicted molar refractivity (Wildman–Crippen MR) is 113 cm³/mol. The van der Waals surface area contributed by atoms with Crippen LogP contribution >= 0.6 is 11.3 Å². The number of aryl methyl sites for hydroxylation is 2. The third kappa shape index (κ3) is 4.92. The number of thiophene rings is 1. The predicted octanol–water partition coefficient (Wildman–Crippen LogP) is 5.48. The number of nitrogens with one attached hydrogen (secondary N) is 1. The smallest absolute Gasteiger partial charge is 0.342 e. The summed E-state index contributed by atoms with van der Waals surface area (Å²) in [6, 6.07) is 9.65. The number of amides is 1. The highest BCUT2D eigenvalue weighted by Gasteiger charge is 2.24. The number of carbonyl (C=O) groups is 2. The molecule has 29 heavy (non-hydrogen) atoms. The summed E-state index contributed by atoms with van der Waals surface area (Å²) in [5.41, 5.74) is 3.38. The minimum Gasteiger partial charge on any atom is -0.459 e. The van der Waals surface area contributed by atoms with Crippen molar-refractivity contribution >= 4 is 28.2 Å². The lowest BCUT2D eigenvalue weighted by Gasteiger charge is -2.11. The summed E-state index contributed by atoms with van der Waals surface area (Å²) in [5.74, 6) is -0.374. The average Bonchev–Trinajstić information content (AvgIpc) is 3.28. The molecule has 0 aliphatic heterocycles. The minimum atomic E-state index is -0.472. The number of hydrogen-bond acceptors (Lipinski definition) is 6. The number of carbonyl (C=O) groups excluding carboxylic acids is 2. The Balaban J connectivity index is 1.96. The first-order valence-electron chi connectivity index (χ1n) is 9.55. The molecule has 1 N–H and O–H groups in total. The fraction of sp³-hybridized carbons (Fsp3) is 0.318. The molecule has 0 unspecified atom stereocenters. The van der Waals surface area contributed by atoms with Gasteiger partial charge in [-0.2, -0.15) is 0 Å². The number of ether oxygens (including phenoxy) is 1. The summed E-state index contributed by atoms with van der Waals surface area (Å²) in [6.45, 7) is 7.43. The first kappa shape index (κ1) is 20.8. The third-order valence-electron chi connectivity index (χ3n) is 4.23. The quantitative estimate of drug-likeness (QED) is 0.520. The number of nitrogens with zero attached hydrogens (tertiary/aromatic N) is 1. The first-order valence-corrected chi connectivity index (χ1v) is 10.4. The normalized spacial score (nSPS) is 10.9. The molecule has 0 aliphatic rings. The van der Waals surface area contributed by atoms with Gasteiger partial charge < -0.3 is 14.6 Å². The molecule has 0 aliphatic carbocycles. The van der Waals surface area contributed by atoms with Crippen LogP contribution in [0.3, 0.4) is 0 Å². The maximum absolute atomic E-state index is 12.8. The summed E-state index contributed by atoms with van der Waals surface area (Å²) in [7, 11) is 0. The van der Waals surface area contributed by atoms with Crippen molar-refractivity contribution < 1.29 is 18.8 Å². The second kappa shape index (κ2) is 9.05. The van der Waals surface area contributed by atoms with Crippen LogP contribution in [0.1, 0.15) is 59.4 Å². The van der Waals surface area contributed by atoms with Crippen LogP contribution in [0, 0.1) is 6.92 Å². The van der Waals surface area contributed by atoms with Gasteiger partial charge in [-0.25, -0.2) is 4.79 Å². The Hall–Kier alpha value is -2.93. The molecule has 152 valence electrons. The average molecular weight is 413 g/mol. The van der Waals surface area contributed by atoms with Gasteiger partial charge in [-0.05, 0) is 38.3 Å². The molecule has 0 spiro atoms. The minimum absolute atomic E-state index is 0.157. The van der Waals surface area contributed by atoms with Gasteiger partial charge in [-0.1, -0.05) is 42.8 Å². The SMILES string of the molecule is CCCc1ccc(-c2csc(NC(=O)c3cc(C)on3)c2C(=O)OC(C)C)cc1. The summed E-state index contributed by atoms with van der Waals surface area (Å²) in [4.78, 5) is 25.3. The molecule has 2 heterocycles. The molecule has 0 atom stereocenters. The Morgan fingerprint density at radius 3 is 2.55 bits per heavy atom. The Kier molecular flexibility index (Phi) is 6.49. The van der Waals surface area contributed by atoms with E-state index in [1.54, 1.807) is 26.8 Å². The Morgan fingerprint density at radius 2 is 1.97 bits per heavy atom. The van der Waals surface area contributed by atoms with Gasteiger partial charge in [0.25, 0.3) is 5.91 Å². The molecular formula is C22H24N2O4S. The molecule has 0 fully saturated rings. The molecule has 0 saturated heterocycles. The van der Waals surface area contributed by atoms with Crippen LogP contribution in [0.4, 0.5) is 5.00 Å². The fourth-order valence-corrected chi connectivity index (χ4v) is 3.87. The lowest BCUT2D eigenvalue weighted by molar-refractivity contribution is 0.0380. The van der Waals surface area contributed by atoms with E-state index in [4.69, 9.17) is 9.26 Å². The van der Waals surface area contributed by atoms with Gasteiger partial charge in [0.1, 0.15) is 16.3 Å². The molecule has 3 aromatic rings. The van der Waals surface area contributed by atoms with E-state index in [9.17, 15) is 9.59 Å². The van der Waals surface area contributed by atoms with E-state index in [-0.39, 0.29) is 11.8 Å². The first-order chi connectivity index (χ1) is 13.9. The zero-order valence-corrected chi connectivity index (χ0v) is 17.8. The van der Waals surface area contributed by atoms with E-state index in [0.717, 1.165) is 24.0 Å². The van der Waals surface area contributed by atoms with Crippen LogP contribution in [0.25, 0.3) is 11.1 Å². The van der Waals surface area contributed by atoms with Crippen LogP contribution in [-0.2, 0) is 11.2 Å². The zero-order chi connectivity index (χ0) is 21.0. The third-order valence-corrected chi connectivity index (χ3v) is 5.12. The molecule has 7 heteroatoms. The molecular weight excluding hydrogens is 388 g/mol. The molecule has 3 rings (SSSR count). The zero-order valence-electron chi connectivity index (χ0n) is 16.9. The number of anilines is 1. The fourth-order valence-electron chi connectivity index (χ4n) is 2.92. The highest BCUT2D eigenvalue weighted by atomic mass is 32.1. The van der Waals surface area contributed by atoms with Crippen LogP contribution < -0.4 is 5.32 Å². The largest absolute Gasteiger partial charge is 0.459 e. The van der Waals surface area contributed by atoms with E-state index in [2.05, 4.69) is 29.5 Å². The monoisotopic (exact) mass is 412 g/mol. The van der Waals surface area contributed by atoms with Crippen molar-refractivity contribution in [2.24, 2.45) is 0 Å². The van der Waals surface area contributed by atoms with Crippen molar-refractivity contribution in [3.8, 4) is 11.1 Å². The highest BCUT2D eigenvalue weighted by molar-refractivity contribution is 7.15. The molecule has 0 radical (unpaired) electrons. The van der Waals surface area contributed by atoms with Gasteiger partial charge in [0.15, 0.2) is 5.69 Å². The second-order valence-electron chi connectivity index (χ2n) is 7.03. The van der Waals surface area contributed by atoms with Crippen LogP contribution in [0.2, 0.25) is 0 Å². The van der Waals surface area contributed by atoms with E-state index in [1.807, 2.05) is 17.5 Å². The van der Waals surface area contributed by atoms with Crippen molar-refractivity contribution in [2.75, 3.05) is 5.32 Å². The van der Waals surface area contributed by atoms with Crippen molar-refractivity contribution in [1.82, 2.24) is 5.16 Å². The van der Waals surface area contributed by atoms with Crippen LogP contribution in [0.5, 0.6) is 0 Å². The number of hydrogen-bond donors (Lipinski definition) is 1. The Bertz CT molecular complexity index is 1000. The van der Waals surface area contributed by atoms with Crippen LogP contribution in [0.15, 0.2) is 40.2 Å². The molecule has 6 nitrogen and oxygen atoms in total. The molecule has 0 bridgehead atoms. The van der Waals surface area contributed by atoms with Crippen molar-refractivity contribution in [3.05, 3.63) is 58.3 Å². The number of esters is 1. The molecule has 1 aromatic carbocycles. The summed E-state index contributed by atoms with van der Waals surface area (Å²) >= 11 is 1.28. The summed E-state index contributed by atoms with van der Waals surface area (Å²) in [6.07, 6.45) is 1.80. The van der Waals surface area contributed by atoms with Crippen LogP contribution in [-0.4, -0.2) is 23.1 Å². The van der Waals surface area contributed by atoms with Crippen molar-refractivity contribution in [3.63, 3.8) is 0 Å². The topological polar surface area (TPSA) is 81.4 Å². The highest BCUT2D eigenvalue weighted by Crippen LogP contribution is 2.37. The van der Waals surface area contributed by atoms with Crippen molar-refractivity contribution in [2.45, 2.75) is 46.6 Å². The number of aromatic nitrogens is 1.